The molecule has 4 nitrogen and oxygen atoms in total. The Bertz CT molecular complexity index is 491. The second-order valence-corrected chi connectivity index (χ2v) is 4.98. The summed E-state index contributed by atoms with van der Waals surface area (Å²) in [6.07, 6.45) is 0.641. The van der Waals surface area contributed by atoms with E-state index in [0.717, 1.165) is 16.7 Å². The third kappa shape index (κ3) is 2.48. The summed E-state index contributed by atoms with van der Waals surface area (Å²) in [5.41, 5.74) is 2.66. The Hall–Kier alpha value is -1.84. The Kier molecular flexibility index (Phi) is 3.88. The molecule has 0 radical (unpaired) electrons. The molecule has 19 heavy (non-hydrogen) atoms. The van der Waals surface area contributed by atoms with Crippen molar-refractivity contribution < 1.29 is 9.59 Å². The van der Waals surface area contributed by atoms with E-state index in [1.165, 1.54) is 0 Å². The molecular formula is C15H20N2O2. The fourth-order valence-electron chi connectivity index (χ4n) is 2.66. The van der Waals surface area contributed by atoms with Crippen molar-refractivity contribution in [1.29, 1.82) is 0 Å². The largest absolute Gasteiger partial charge is 0.353 e. The van der Waals surface area contributed by atoms with Crippen molar-refractivity contribution in [3.8, 4) is 0 Å². The molecule has 0 saturated carbocycles. The van der Waals surface area contributed by atoms with Crippen molar-refractivity contribution in [2.24, 2.45) is 0 Å². The zero-order valence-electron chi connectivity index (χ0n) is 11.7. The average Bonchev–Trinajstić information content (AvgIpc) is 2.38. The number of nitrogens with zero attached hydrogens (tertiary/aromatic N) is 1. The van der Waals surface area contributed by atoms with E-state index in [0.29, 0.717) is 19.5 Å². The summed E-state index contributed by atoms with van der Waals surface area (Å²) >= 11 is 0. The number of rotatable bonds is 2. The molecule has 0 aliphatic carbocycles. The van der Waals surface area contributed by atoms with Crippen molar-refractivity contribution in [2.75, 3.05) is 13.1 Å². The minimum absolute atomic E-state index is 0.0303. The first-order valence-corrected chi connectivity index (χ1v) is 6.71. The normalized spacial score (nSPS) is 19.2. The second kappa shape index (κ2) is 5.43. The quantitative estimate of drug-likeness (QED) is 0.879. The number of benzene rings is 1. The molecule has 0 bridgehead atoms. The van der Waals surface area contributed by atoms with Crippen molar-refractivity contribution in [3.05, 3.63) is 34.9 Å². The summed E-state index contributed by atoms with van der Waals surface area (Å²) in [5, 5.41) is 2.82. The third-order valence-electron chi connectivity index (χ3n) is 3.67. The van der Waals surface area contributed by atoms with Gasteiger partial charge >= 0.3 is 0 Å². The van der Waals surface area contributed by atoms with Crippen LogP contribution in [0.3, 0.4) is 0 Å². The predicted molar refractivity (Wildman–Crippen MR) is 74.0 cm³/mol. The molecule has 1 unspecified atom stereocenters. The van der Waals surface area contributed by atoms with Gasteiger partial charge in [-0.15, -0.1) is 0 Å². The summed E-state index contributed by atoms with van der Waals surface area (Å²) in [7, 11) is 0. The highest BCUT2D eigenvalue weighted by Crippen LogP contribution is 2.19. The van der Waals surface area contributed by atoms with Crippen molar-refractivity contribution in [3.63, 3.8) is 0 Å². The van der Waals surface area contributed by atoms with Gasteiger partial charge in [-0.25, -0.2) is 0 Å². The highest BCUT2D eigenvalue weighted by atomic mass is 16.2. The number of amides is 2. The zero-order chi connectivity index (χ0) is 14.0. The maximum absolute atomic E-state index is 12.7. The fourth-order valence-corrected chi connectivity index (χ4v) is 2.66. The zero-order valence-corrected chi connectivity index (χ0v) is 11.7. The van der Waals surface area contributed by atoms with Gasteiger partial charge in [-0.2, -0.15) is 0 Å². The van der Waals surface area contributed by atoms with Crippen LogP contribution in [0, 0.1) is 13.8 Å². The highest BCUT2D eigenvalue weighted by Gasteiger charge is 2.32. The van der Waals surface area contributed by atoms with Gasteiger partial charge in [0.2, 0.25) is 5.91 Å². The summed E-state index contributed by atoms with van der Waals surface area (Å²) < 4.78 is 0. The molecule has 1 aliphatic heterocycles. The van der Waals surface area contributed by atoms with Crippen LogP contribution in [0.2, 0.25) is 0 Å². The Morgan fingerprint density at radius 2 is 2.00 bits per heavy atom. The van der Waals surface area contributed by atoms with Crippen LogP contribution in [0.4, 0.5) is 0 Å². The lowest BCUT2D eigenvalue weighted by molar-refractivity contribution is -0.127. The van der Waals surface area contributed by atoms with Crippen LogP contribution in [-0.4, -0.2) is 35.8 Å². The van der Waals surface area contributed by atoms with Crippen LogP contribution >= 0.6 is 0 Å². The predicted octanol–water partition coefficient (Wildman–Crippen LogP) is 1.65. The lowest BCUT2D eigenvalue weighted by Crippen LogP contribution is -2.57. The van der Waals surface area contributed by atoms with E-state index in [9.17, 15) is 9.59 Å². The number of carbonyl (C=O) groups is 2. The topological polar surface area (TPSA) is 49.4 Å². The maximum atomic E-state index is 12.7. The molecule has 1 fully saturated rings. The van der Waals surface area contributed by atoms with Crippen LogP contribution in [-0.2, 0) is 4.79 Å². The Balaban J connectivity index is 2.35. The van der Waals surface area contributed by atoms with Crippen LogP contribution in [0.25, 0.3) is 0 Å². The van der Waals surface area contributed by atoms with Gasteiger partial charge in [0.15, 0.2) is 0 Å². The fraction of sp³-hybridized carbons (Fsp3) is 0.467. The third-order valence-corrected chi connectivity index (χ3v) is 3.67. The van der Waals surface area contributed by atoms with Gasteiger partial charge in [0.1, 0.15) is 6.04 Å². The standard InChI is InChI=1S/C15H20N2O2/c1-4-12-14(18)16-8-9-17(12)15(19)13-10(2)6-5-7-11(13)3/h5-7,12H,4,8-9H2,1-3H3,(H,16,18). The number of hydrogen-bond donors (Lipinski definition) is 1. The molecule has 1 atom stereocenters. The number of piperazine rings is 1. The van der Waals surface area contributed by atoms with E-state index in [-0.39, 0.29) is 17.9 Å². The van der Waals surface area contributed by atoms with E-state index in [1.807, 2.05) is 39.0 Å². The van der Waals surface area contributed by atoms with Gasteiger partial charge in [-0.05, 0) is 31.4 Å². The first-order chi connectivity index (χ1) is 9.06. The van der Waals surface area contributed by atoms with E-state index in [1.54, 1.807) is 4.90 Å². The number of hydrogen-bond acceptors (Lipinski definition) is 2. The van der Waals surface area contributed by atoms with E-state index in [4.69, 9.17) is 0 Å². The summed E-state index contributed by atoms with van der Waals surface area (Å²) in [6.45, 7) is 6.92. The van der Waals surface area contributed by atoms with Crippen molar-refractivity contribution >= 4 is 11.8 Å². The van der Waals surface area contributed by atoms with Crippen molar-refractivity contribution in [1.82, 2.24) is 10.2 Å². The maximum Gasteiger partial charge on any atom is 0.255 e. The number of carbonyl (C=O) groups excluding carboxylic acids is 2. The Morgan fingerprint density at radius 3 is 2.58 bits per heavy atom. The lowest BCUT2D eigenvalue weighted by Gasteiger charge is -2.35. The highest BCUT2D eigenvalue weighted by molar-refractivity contribution is 6.00. The molecular weight excluding hydrogens is 240 g/mol. The first kappa shape index (κ1) is 13.6. The first-order valence-electron chi connectivity index (χ1n) is 6.71. The number of nitrogens with one attached hydrogen (secondary N) is 1. The summed E-state index contributed by atoms with van der Waals surface area (Å²) in [6, 6.07) is 5.47. The van der Waals surface area contributed by atoms with Crippen molar-refractivity contribution in [2.45, 2.75) is 33.2 Å². The molecule has 1 aliphatic rings. The van der Waals surface area contributed by atoms with Gasteiger partial charge in [-0.3, -0.25) is 9.59 Å². The molecule has 1 N–H and O–H groups in total. The summed E-state index contributed by atoms with van der Waals surface area (Å²) in [4.78, 5) is 26.2. The molecule has 1 saturated heterocycles. The van der Waals surface area contributed by atoms with Crippen LogP contribution in [0.15, 0.2) is 18.2 Å². The number of aryl methyl sites for hydroxylation is 2. The Labute approximate surface area is 113 Å². The average molecular weight is 260 g/mol. The Morgan fingerprint density at radius 1 is 1.37 bits per heavy atom. The minimum atomic E-state index is -0.347. The monoisotopic (exact) mass is 260 g/mol. The molecule has 1 heterocycles. The van der Waals surface area contributed by atoms with E-state index >= 15 is 0 Å². The molecule has 4 heteroatoms. The van der Waals surface area contributed by atoms with Crippen LogP contribution in [0.1, 0.15) is 34.8 Å². The lowest BCUT2D eigenvalue weighted by atomic mass is 10.00. The van der Waals surface area contributed by atoms with Gasteiger partial charge < -0.3 is 10.2 Å². The van der Waals surface area contributed by atoms with Crippen LogP contribution < -0.4 is 5.32 Å². The molecule has 102 valence electrons. The smallest absolute Gasteiger partial charge is 0.255 e. The van der Waals surface area contributed by atoms with E-state index in [2.05, 4.69) is 5.32 Å². The van der Waals surface area contributed by atoms with Gasteiger partial charge in [0.25, 0.3) is 5.91 Å². The molecule has 0 spiro atoms. The molecule has 1 aromatic rings. The molecule has 2 amide bonds. The summed E-state index contributed by atoms with van der Waals surface area (Å²) in [5.74, 6) is -0.0781. The van der Waals surface area contributed by atoms with Gasteiger partial charge in [0.05, 0.1) is 0 Å². The van der Waals surface area contributed by atoms with E-state index < -0.39 is 0 Å². The minimum Gasteiger partial charge on any atom is -0.353 e. The van der Waals surface area contributed by atoms with Gasteiger partial charge in [0, 0.05) is 18.7 Å². The molecule has 2 rings (SSSR count). The molecule has 1 aromatic carbocycles. The van der Waals surface area contributed by atoms with Gasteiger partial charge in [-0.1, -0.05) is 25.1 Å². The second-order valence-electron chi connectivity index (χ2n) is 4.98. The SMILES string of the molecule is CCC1C(=O)NCCN1C(=O)c1c(C)cccc1C. The van der Waals surface area contributed by atoms with Crippen LogP contribution in [0.5, 0.6) is 0 Å². The molecule has 0 aromatic heterocycles.